The Kier molecular flexibility index (Phi) is 5.06. The molecule has 0 saturated carbocycles. The molecule has 0 aliphatic carbocycles. The third-order valence-electron chi connectivity index (χ3n) is 2.28. The minimum absolute atomic E-state index is 0.0551. The van der Waals surface area contributed by atoms with E-state index in [2.05, 4.69) is 0 Å². The van der Waals surface area contributed by atoms with E-state index in [1.807, 2.05) is 0 Å². The molecule has 1 atom stereocenters. The predicted molar refractivity (Wildman–Crippen MR) is 53.6 cm³/mol. The second-order valence-corrected chi connectivity index (χ2v) is 4.82. The fourth-order valence-electron chi connectivity index (χ4n) is 1.08. The highest BCUT2D eigenvalue weighted by molar-refractivity contribution is 4.77. The van der Waals surface area contributed by atoms with Crippen molar-refractivity contribution in [3.63, 3.8) is 0 Å². The molecule has 0 aromatic rings. The van der Waals surface area contributed by atoms with Crippen LogP contribution in [0.15, 0.2) is 0 Å². The molecule has 92 valence electrons. The van der Waals surface area contributed by atoms with Crippen molar-refractivity contribution in [1.29, 1.82) is 0 Å². The quantitative estimate of drug-likeness (QED) is 0.796. The molecule has 0 amide bonds. The lowest BCUT2D eigenvalue weighted by Gasteiger charge is -2.31. The van der Waals surface area contributed by atoms with Gasteiger partial charge >= 0.3 is 6.18 Å². The first-order valence-electron chi connectivity index (χ1n) is 5.03. The van der Waals surface area contributed by atoms with Gasteiger partial charge in [0.15, 0.2) is 0 Å². The SMILES string of the molecule is CCN(CC(O)C(C)(C)C)CC(F)(F)F. The van der Waals surface area contributed by atoms with E-state index in [1.165, 1.54) is 4.90 Å². The monoisotopic (exact) mass is 227 g/mol. The summed E-state index contributed by atoms with van der Waals surface area (Å²) < 4.78 is 36.3. The molecular formula is C10H20F3NO. The minimum atomic E-state index is -4.20. The van der Waals surface area contributed by atoms with Crippen LogP contribution in [0.3, 0.4) is 0 Å². The molecule has 5 heteroatoms. The summed E-state index contributed by atoms with van der Waals surface area (Å²) in [4.78, 5) is 1.20. The molecule has 0 bridgehead atoms. The van der Waals surface area contributed by atoms with Crippen molar-refractivity contribution in [1.82, 2.24) is 4.90 Å². The molecule has 0 radical (unpaired) electrons. The number of alkyl halides is 3. The van der Waals surface area contributed by atoms with Gasteiger partial charge in [-0.1, -0.05) is 27.7 Å². The lowest BCUT2D eigenvalue weighted by molar-refractivity contribution is -0.149. The molecule has 0 spiro atoms. The smallest absolute Gasteiger partial charge is 0.391 e. The second-order valence-electron chi connectivity index (χ2n) is 4.82. The number of halogens is 3. The van der Waals surface area contributed by atoms with Crippen LogP contribution in [0.1, 0.15) is 27.7 Å². The zero-order chi connectivity index (χ0) is 12.3. The van der Waals surface area contributed by atoms with Crippen molar-refractivity contribution >= 4 is 0 Å². The van der Waals surface area contributed by atoms with Crippen LogP contribution in [0.4, 0.5) is 13.2 Å². The average Bonchev–Trinajstić information content (AvgIpc) is 1.98. The maximum atomic E-state index is 12.1. The summed E-state index contributed by atoms with van der Waals surface area (Å²) in [6.07, 6.45) is -4.95. The fraction of sp³-hybridized carbons (Fsp3) is 1.00. The van der Waals surface area contributed by atoms with Crippen LogP contribution in [0, 0.1) is 5.41 Å². The van der Waals surface area contributed by atoms with E-state index in [9.17, 15) is 18.3 Å². The van der Waals surface area contributed by atoms with E-state index in [0.717, 1.165) is 0 Å². The van der Waals surface area contributed by atoms with Crippen LogP contribution >= 0.6 is 0 Å². The Balaban J connectivity index is 4.23. The molecular weight excluding hydrogens is 207 g/mol. The molecule has 1 N–H and O–H groups in total. The summed E-state index contributed by atoms with van der Waals surface area (Å²) in [5.74, 6) is 0. The Morgan fingerprint density at radius 3 is 1.93 bits per heavy atom. The Labute approximate surface area is 89.1 Å². The van der Waals surface area contributed by atoms with E-state index >= 15 is 0 Å². The highest BCUT2D eigenvalue weighted by Crippen LogP contribution is 2.22. The van der Waals surface area contributed by atoms with Crippen molar-refractivity contribution in [2.45, 2.75) is 40.0 Å². The molecule has 0 heterocycles. The molecule has 0 saturated heterocycles. The van der Waals surface area contributed by atoms with Crippen LogP contribution in [-0.4, -0.2) is 41.9 Å². The van der Waals surface area contributed by atoms with Crippen LogP contribution in [0.2, 0.25) is 0 Å². The third kappa shape index (κ3) is 6.73. The summed E-state index contributed by atoms with van der Waals surface area (Å²) in [6, 6.07) is 0. The van der Waals surface area contributed by atoms with Crippen LogP contribution in [0.25, 0.3) is 0 Å². The van der Waals surface area contributed by atoms with Gasteiger partial charge in [0.25, 0.3) is 0 Å². The van der Waals surface area contributed by atoms with E-state index < -0.39 is 18.8 Å². The van der Waals surface area contributed by atoms with Crippen LogP contribution < -0.4 is 0 Å². The average molecular weight is 227 g/mol. The Bertz CT molecular complexity index is 186. The maximum Gasteiger partial charge on any atom is 0.401 e. The third-order valence-corrected chi connectivity index (χ3v) is 2.28. The summed E-state index contributed by atoms with van der Waals surface area (Å²) in [5.41, 5.74) is -0.390. The predicted octanol–water partition coefficient (Wildman–Crippen LogP) is 2.28. The number of aliphatic hydroxyl groups excluding tert-OH is 1. The summed E-state index contributed by atoms with van der Waals surface area (Å²) in [7, 11) is 0. The molecule has 0 aromatic heterocycles. The normalized spacial score (nSPS) is 15.8. The molecule has 15 heavy (non-hydrogen) atoms. The van der Waals surface area contributed by atoms with Crippen molar-refractivity contribution in [3.05, 3.63) is 0 Å². The lowest BCUT2D eigenvalue weighted by atomic mass is 9.89. The first-order chi connectivity index (χ1) is 6.56. The van der Waals surface area contributed by atoms with Crippen molar-refractivity contribution in [2.75, 3.05) is 19.6 Å². The van der Waals surface area contributed by atoms with Crippen molar-refractivity contribution < 1.29 is 18.3 Å². The second kappa shape index (κ2) is 5.16. The number of nitrogens with zero attached hydrogens (tertiary/aromatic N) is 1. The number of hydrogen-bond acceptors (Lipinski definition) is 2. The highest BCUT2D eigenvalue weighted by atomic mass is 19.4. The number of aliphatic hydroxyl groups is 1. The van der Waals surface area contributed by atoms with Crippen LogP contribution in [-0.2, 0) is 0 Å². The van der Waals surface area contributed by atoms with Gasteiger partial charge in [0, 0.05) is 6.54 Å². The highest BCUT2D eigenvalue weighted by Gasteiger charge is 2.32. The lowest BCUT2D eigenvalue weighted by Crippen LogP contribution is -2.43. The first-order valence-corrected chi connectivity index (χ1v) is 5.03. The van der Waals surface area contributed by atoms with Gasteiger partial charge in [-0.25, -0.2) is 0 Å². The van der Waals surface area contributed by atoms with E-state index in [4.69, 9.17) is 0 Å². The number of likely N-dealkylation sites (N-methyl/N-ethyl adjacent to an activating group) is 1. The fourth-order valence-corrected chi connectivity index (χ4v) is 1.08. The van der Waals surface area contributed by atoms with Gasteiger partial charge in [-0.3, -0.25) is 4.90 Å². The van der Waals surface area contributed by atoms with Gasteiger partial charge < -0.3 is 5.11 Å². The standard InChI is InChI=1S/C10H20F3NO/c1-5-14(7-10(11,12)13)6-8(15)9(2,3)4/h8,15H,5-7H2,1-4H3. The zero-order valence-corrected chi connectivity index (χ0v) is 9.73. The Morgan fingerprint density at radius 1 is 1.20 bits per heavy atom. The van der Waals surface area contributed by atoms with Crippen molar-refractivity contribution in [2.24, 2.45) is 5.41 Å². The first kappa shape index (κ1) is 14.7. The molecule has 0 fully saturated rings. The van der Waals surface area contributed by atoms with Gasteiger partial charge in [-0.2, -0.15) is 13.2 Å². The maximum absolute atomic E-state index is 12.1. The van der Waals surface area contributed by atoms with Gasteiger partial charge in [0.2, 0.25) is 0 Å². The molecule has 0 aliphatic heterocycles. The van der Waals surface area contributed by atoms with E-state index in [0.29, 0.717) is 0 Å². The zero-order valence-electron chi connectivity index (χ0n) is 9.73. The topological polar surface area (TPSA) is 23.5 Å². The van der Waals surface area contributed by atoms with E-state index in [-0.39, 0.29) is 18.5 Å². The van der Waals surface area contributed by atoms with Gasteiger partial charge in [0.05, 0.1) is 12.6 Å². The minimum Gasteiger partial charge on any atom is -0.391 e. The molecule has 0 aliphatic rings. The molecule has 0 aromatic carbocycles. The summed E-state index contributed by atoms with van der Waals surface area (Å²) in [5, 5.41) is 9.68. The van der Waals surface area contributed by atoms with Gasteiger partial charge in [0.1, 0.15) is 0 Å². The van der Waals surface area contributed by atoms with Gasteiger partial charge in [-0.05, 0) is 12.0 Å². The van der Waals surface area contributed by atoms with Gasteiger partial charge in [-0.15, -0.1) is 0 Å². The van der Waals surface area contributed by atoms with E-state index in [1.54, 1.807) is 27.7 Å². The number of rotatable bonds is 4. The molecule has 0 rings (SSSR count). The Hall–Kier alpha value is -0.290. The summed E-state index contributed by atoms with van der Waals surface area (Å²) in [6.45, 7) is 6.45. The molecule has 1 unspecified atom stereocenters. The van der Waals surface area contributed by atoms with Crippen molar-refractivity contribution in [3.8, 4) is 0 Å². The summed E-state index contributed by atoms with van der Waals surface area (Å²) >= 11 is 0. The van der Waals surface area contributed by atoms with Crippen LogP contribution in [0.5, 0.6) is 0 Å². The molecule has 2 nitrogen and oxygen atoms in total. The number of hydrogen-bond donors (Lipinski definition) is 1. The largest absolute Gasteiger partial charge is 0.401 e. The Morgan fingerprint density at radius 2 is 1.67 bits per heavy atom.